The van der Waals surface area contributed by atoms with Crippen molar-refractivity contribution in [2.75, 3.05) is 29.6 Å². The molecule has 2 heterocycles. The Morgan fingerprint density at radius 2 is 1.53 bits per heavy atom. The van der Waals surface area contributed by atoms with Crippen molar-refractivity contribution in [2.24, 2.45) is 0 Å². The van der Waals surface area contributed by atoms with E-state index in [1.54, 1.807) is 40.6 Å². The van der Waals surface area contributed by atoms with Crippen LogP contribution in [0.2, 0.25) is 0 Å². The number of benzene rings is 3. The van der Waals surface area contributed by atoms with Gasteiger partial charge in [0, 0.05) is 77.4 Å². The van der Waals surface area contributed by atoms with Crippen LogP contribution in [0.1, 0.15) is 18.4 Å². The number of fused-ring (bicyclic) bond motifs is 1. The number of ether oxygens (including phenoxy) is 1. The molecule has 0 atom stereocenters. The average molecular weight is 1020 g/mol. The molecule has 17 heteroatoms. The first kappa shape index (κ1) is 40.8. The van der Waals surface area contributed by atoms with Crippen molar-refractivity contribution in [1.82, 2.24) is 4.31 Å². The monoisotopic (exact) mass is 1020 g/mol. The summed E-state index contributed by atoms with van der Waals surface area (Å²) < 4.78 is 61.4. The molecule has 0 saturated carbocycles. The molecule has 0 spiro atoms. The molecule has 5 rings (SSSR count). The van der Waals surface area contributed by atoms with Gasteiger partial charge < -0.3 is 30.0 Å². The van der Waals surface area contributed by atoms with Crippen molar-refractivity contribution < 1.29 is 84.6 Å². The largest absolute Gasteiger partial charge is 0.497 e. The van der Waals surface area contributed by atoms with E-state index in [9.17, 15) is 26.7 Å². The predicted molar refractivity (Wildman–Crippen MR) is 165 cm³/mol. The van der Waals surface area contributed by atoms with E-state index in [4.69, 9.17) is 4.74 Å². The standard InChI is InChI=1S/C28H28N3O7S3.2H2O.2W/c1-29(40(34,35)23-9-5-21(6-10-23)30-14-3-4-28(30)33)18-20-16-26(25-13-15-39-27(25)17-20)31(19-32)41(36,37)24-11-7-22(38-2)8-12-24;;;;/h5-13,15-17,32H,1,3-4,14,18-19H2,2H3;2*1H2;;/q-1;;;;. The summed E-state index contributed by atoms with van der Waals surface area (Å²) in [7, 11) is -2.96. The van der Waals surface area contributed by atoms with Gasteiger partial charge in [-0.1, -0.05) is 0 Å². The van der Waals surface area contributed by atoms with Gasteiger partial charge in [-0.25, -0.2) is 21.1 Å². The van der Waals surface area contributed by atoms with E-state index >= 15 is 0 Å². The Morgan fingerprint density at radius 3 is 2.09 bits per heavy atom. The average Bonchev–Trinajstić information content (AvgIpc) is 3.62. The second-order valence-corrected chi connectivity index (χ2v) is 14.1. The second kappa shape index (κ2) is 16.6. The summed E-state index contributed by atoms with van der Waals surface area (Å²) in [6.45, 7) is -0.391. The number of carbonyl (C=O) groups is 1. The van der Waals surface area contributed by atoms with E-state index < -0.39 is 26.8 Å². The number of anilines is 2. The smallest absolute Gasteiger partial charge is 0.266 e. The van der Waals surface area contributed by atoms with Gasteiger partial charge in [0.25, 0.3) is 10.0 Å². The molecule has 0 aliphatic carbocycles. The molecular weight excluding hydrogens is 986 g/mol. The molecule has 0 bridgehead atoms. The molecule has 0 unspecified atom stereocenters. The number of aliphatic hydroxyl groups excluding tert-OH is 1. The van der Waals surface area contributed by atoms with E-state index in [0.29, 0.717) is 40.1 Å². The van der Waals surface area contributed by atoms with Crippen LogP contribution >= 0.6 is 11.3 Å². The number of thiophene rings is 1. The van der Waals surface area contributed by atoms with Crippen LogP contribution in [0.25, 0.3) is 10.1 Å². The molecule has 4 aromatic rings. The Hall–Kier alpha value is -2.19. The maximum absolute atomic E-state index is 13.5. The second-order valence-electron chi connectivity index (χ2n) is 9.38. The van der Waals surface area contributed by atoms with Crippen LogP contribution in [0.3, 0.4) is 0 Å². The number of aliphatic hydroxyl groups is 1. The first-order valence-corrected chi connectivity index (χ1v) is 16.3. The van der Waals surface area contributed by atoms with Gasteiger partial charge in [0.1, 0.15) is 12.5 Å². The minimum atomic E-state index is -4.17. The normalized spacial score (nSPS) is 13.0. The summed E-state index contributed by atoms with van der Waals surface area (Å²) in [4.78, 5) is 13.6. The van der Waals surface area contributed by atoms with E-state index in [2.05, 4.69) is 7.05 Å². The quantitative estimate of drug-likeness (QED) is 0.187. The molecule has 1 aliphatic rings. The third-order valence-electron chi connectivity index (χ3n) is 6.87. The van der Waals surface area contributed by atoms with Crippen LogP contribution in [0.4, 0.5) is 11.4 Å². The molecule has 0 radical (unpaired) electrons. The Balaban J connectivity index is 0.00000253. The molecule has 5 N–H and O–H groups in total. The minimum Gasteiger partial charge on any atom is -0.497 e. The van der Waals surface area contributed by atoms with E-state index in [1.165, 1.54) is 54.8 Å². The summed E-state index contributed by atoms with van der Waals surface area (Å²) in [5, 5.41) is 12.6. The fraction of sp³-hybridized carbons (Fsp3) is 0.214. The maximum Gasteiger partial charge on any atom is 0.266 e. The third kappa shape index (κ3) is 8.21. The predicted octanol–water partition coefficient (Wildman–Crippen LogP) is 2.51. The first-order chi connectivity index (χ1) is 19.6. The number of nitrogens with zero attached hydrogens (tertiary/aromatic N) is 3. The zero-order valence-electron chi connectivity index (χ0n) is 24.0. The SMILES string of the molecule is O.O.[CH2-]N(Cc1cc(N(CO)S(=O)(=O)c2ccc(OC)cc2)c2ccsc2c1)S(=O)(=O)c1ccc(N2CCCC2=O)cc1.[W].[W]. The van der Waals surface area contributed by atoms with Gasteiger partial charge in [-0.2, -0.15) is 0 Å². The van der Waals surface area contributed by atoms with Crippen molar-refractivity contribution in [3.05, 3.63) is 84.7 Å². The molecule has 244 valence electrons. The number of rotatable bonds is 10. The van der Waals surface area contributed by atoms with Gasteiger partial charge in [-0.05, 0) is 84.1 Å². The van der Waals surface area contributed by atoms with Crippen LogP contribution in [-0.4, -0.2) is 63.5 Å². The van der Waals surface area contributed by atoms with E-state index in [1.807, 2.05) is 0 Å². The van der Waals surface area contributed by atoms with Crippen molar-refractivity contribution in [1.29, 1.82) is 0 Å². The molecule has 1 aliphatic heterocycles. The molecule has 1 aromatic heterocycles. The zero-order chi connectivity index (χ0) is 29.4. The van der Waals surface area contributed by atoms with Gasteiger partial charge in [-0.15, -0.1) is 11.3 Å². The van der Waals surface area contributed by atoms with Gasteiger partial charge in [0.2, 0.25) is 15.9 Å². The molecule has 1 amide bonds. The van der Waals surface area contributed by atoms with Crippen molar-refractivity contribution in [2.45, 2.75) is 29.2 Å². The van der Waals surface area contributed by atoms with E-state index in [0.717, 1.165) is 15.0 Å². The Labute approximate surface area is 294 Å². The Kier molecular flexibility index (Phi) is 15.0. The number of sulfonamides is 2. The van der Waals surface area contributed by atoms with Crippen LogP contribution < -0.4 is 13.9 Å². The molecule has 45 heavy (non-hydrogen) atoms. The number of amides is 1. The van der Waals surface area contributed by atoms with Crippen molar-refractivity contribution >= 4 is 58.8 Å². The van der Waals surface area contributed by atoms with Gasteiger partial charge in [0.05, 0.1) is 22.6 Å². The van der Waals surface area contributed by atoms with Gasteiger partial charge in [0.15, 0.2) is 0 Å². The number of carbonyl (C=O) groups excluding carboxylic acids is 1. The maximum atomic E-state index is 13.5. The van der Waals surface area contributed by atoms with Gasteiger partial charge >= 0.3 is 0 Å². The van der Waals surface area contributed by atoms with Crippen LogP contribution in [0, 0.1) is 7.05 Å². The molecule has 1 saturated heterocycles. The van der Waals surface area contributed by atoms with Crippen molar-refractivity contribution in [3.8, 4) is 5.75 Å². The van der Waals surface area contributed by atoms with Crippen LogP contribution in [0.5, 0.6) is 5.75 Å². The molecule has 1 fully saturated rings. The Bertz CT molecular complexity index is 1800. The van der Waals surface area contributed by atoms with Crippen LogP contribution in [0.15, 0.2) is 81.9 Å². The summed E-state index contributed by atoms with van der Waals surface area (Å²) in [5.74, 6) is 0.489. The summed E-state index contributed by atoms with van der Waals surface area (Å²) in [6, 6.07) is 17.0. The zero-order valence-corrected chi connectivity index (χ0v) is 32.3. The first-order valence-electron chi connectivity index (χ1n) is 12.6. The number of methoxy groups -OCH3 is 1. The minimum absolute atomic E-state index is 0. The summed E-state index contributed by atoms with van der Waals surface area (Å²) in [6.07, 6.45) is 1.23. The fourth-order valence-electron chi connectivity index (χ4n) is 4.72. The molecular formula is C28H32N3O9S3W2-. The van der Waals surface area contributed by atoms with Crippen LogP contribution in [-0.2, 0) is 73.5 Å². The van der Waals surface area contributed by atoms with Gasteiger partial charge in [-0.3, -0.25) is 11.8 Å². The third-order valence-corrected chi connectivity index (χ3v) is 11.2. The van der Waals surface area contributed by atoms with Crippen molar-refractivity contribution in [3.63, 3.8) is 0 Å². The summed E-state index contributed by atoms with van der Waals surface area (Å²) >= 11 is 1.36. The number of hydrogen-bond acceptors (Lipinski definition) is 8. The summed E-state index contributed by atoms with van der Waals surface area (Å²) in [5.41, 5.74) is 1.33. The number of hydrogen-bond donors (Lipinski definition) is 1. The topological polar surface area (TPSA) is 188 Å². The molecule has 12 nitrogen and oxygen atoms in total. The fourth-order valence-corrected chi connectivity index (χ4v) is 7.98. The molecule has 3 aromatic carbocycles. The Morgan fingerprint density at radius 1 is 0.933 bits per heavy atom. The van der Waals surface area contributed by atoms with E-state index in [-0.39, 0.29) is 81.0 Å².